The lowest BCUT2D eigenvalue weighted by atomic mass is 10.0. The van der Waals surface area contributed by atoms with Crippen LogP contribution in [0.25, 0.3) is 0 Å². The maximum atomic E-state index is 11.3. The van der Waals surface area contributed by atoms with Crippen molar-refractivity contribution in [2.45, 2.75) is 71.7 Å². The Morgan fingerprint density at radius 2 is 1.70 bits per heavy atom. The molecule has 6 heteroatoms. The van der Waals surface area contributed by atoms with Crippen molar-refractivity contribution in [3.05, 3.63) is 0 Å². The van der Waals surface area contributed by atoms with E-state index >= 15 is 0 Å². The average molecular weight is 288 g/mol. The van der Waals surface area contributed by atoms with Gasteiger partial charge in [0.1, 0.15) is 24.4 Å². The lowest BCUT2D eigenvalue weighted by molar-refractivity contribution is -0.154. The van der Waals surface area contributed by atoms with Gasteiger partial charge < -0.3 is 14.6 Å². The summed E-state index contributed by atoms with van der Waals surface area (Å²) in [6, 6.07) is 0. The normalized spacial score (nSPS) is 15.1. The number of hydrogen-bond acceptors (Lipinski definition) is 6. The van der Waals surface area contributed by atoms with Crippen LogP contribution in [0.4, 0.5) is 0 Å². The van der Waals surface area contributed by atoms with E-state index in [0.29, 0.717) is 19.3 Å². The Hall–Kier alpha value is -1.43. The zero-order valence-electron chi connectivity index (χ0n) is 12.5. The molecule has 0 saturated heterocycles. The van der Waals surface area contributed by atoms with Gasteiger partial charge in [0.05, 0.1) is 6.10 Å². The predicted molar refractivity (Wildman–Crippen MR) is 71.9 cm³/mol. The van der Waals surface area contributed by atoms with Crippen LogP contribution in [0.3, 0.4) is 0 Å². The van der Waals surface area contributed by atoms with Gasteiger partial charge in [-0.25, -0.2) is 0 Å². The number of ketones is 1. The molecule has 0 saturated carbocycles. The number of carbonyl (C=O) groups is 3. The van der Waals surface area contributed by atoms with Gasteiger partial charge in [-0.2, -0.15) is 0 Å². The minimum absolute atomic E-state index is 0.264. The summed E-state index contributed by atoms with van der Waals surface area (Å²) in [5, 5.41) is 9.61. The van der Waals surface area contributed by atoms with E-state index in [1.807, 2.05) is 6.92 Å². The van der Waals surface area contributed by atoms with Gasteiger partial charge in [0, 0.05) is 19.8 Å². The molecule has 0 heterocycles. The van der Waals surface area contributed by atoms with Gasteiger partial charge >= 0.3 is 11.9 Å². The molecular weight excluding hydrogens is 264 g/mol. The van der Waals surface area contributed by atoms with E-state index in [9.17, 15) is 19.5 Å². The molecule has 0 aromatic carbocycles. The monoisotopic (exact) mass is 288 g/mol. The molecule has 0 bridgehead atoms. The van der Waals surface area contributed by atoms with E-state index in [1.54, 1.807) is 6.92 Å². The SMILES string of the molecule is CCC(O)CC(CC(C)OC(=O)CC(C)=O)OC(C)=O. The smallest absolute Gasteiger partial charge is 0.313 e. The first-order valence-corrected chi connectivity index (χ1v) is 6.78. The number of aliphatic hydroxyl groups excluding tert-OH is 1. The highest BCUT2D eigenvalue weighted by molar-refractivity contribution is 5.94. The fourth-order valence-corrected chi connectivity index (χ4v) is 1.78. The third kappa shape index (κ3) is 9.49. The Balaban J connectivity index is 4.36. The molecule has 1 N–H and O–H groups in total. The number of hydrogen-bond donors (Lipinski definition) is 1. The first kappa shape index (κ1) is 18.6. The standard InChI is InChI=1S/C14H24O6/c1-5-12(17)8-13(20-11(4)16)7-10(3)19-14(18)6-9(2)15/h10,12-13,17H,5-8H2,1-4H3. The largest absolute Gasteiger partial charge is 0.462 e. The summed E-state index contributed by atoms with van der Waals surface area (Å²) in [5.74, 6) is -1.30. The minimum Gasteiger partial charge on any atom is -0.462 e. The first-order valence-electron chi connectivity index (χ1n) is 6.78. The van der Waals surface area contributed by atoms with E-state index in [2.05, 4.69) is 0 Å². The van der Waals surface area contributed by atoms with Crippen molar-refractivity contribution in [3.63, 3.8) is 0 Å². The lowest BCUT2D eigenvalue weighted by Crippen LogP contribution is -2.28. The molecule has 0 aliphatic rings. The van der Waals surface area contributed by atoms with Crippen molar-refractivity contribution >= 4 is 17.7 Å². The molecule has 3 unspecified atom stereocenters. The summed E-state index contributed by atoms with van der Waals surface area (Å²) >= 11 is 0. The second-order valence-electron chi connectivity index (χ2n) is 4.94. The predicted octanol–water partition coefficient (Wildman–Crippen LogP) is 1.38. The molecule has 6 nitrogen and oxygen atoms in total. The molecular formula is C14H24O6. The van der Waals surface area contributed by atoms with Crippen LogP contribution in [0.15, 0.2) is 0 Å². The van der Waals surface area contributed by atoms with E-state index in [4.69, 9.17) is 9.47 Å². The third-order valence-electron chi connectivity index (χ3n) is 2.66. The number of rotatable bonds is 9. The molecule has 0 aromatic heterocycles. The van der Waals surface area contributed by atoms with Gasteiger partial charge in [-0.3, -0.25) is 14.4 Å². The topological polar surface area (TPSA) is 89.9 Å². The Morgan fingerprint density at radius 1 is 1.10 bits per heavy atom. The van der Waals surface area contributed by atoms with E-state index < -0.39 is 30.3 Å². The van der Waals surface area contributed by atoms with E-state index in [-0.39, 0.29) is 12.2 Å². The second kappa shape index (κ2) is 9.47. The van der Waals surface area contributed by atoms with Crippen LogP contribution in [0, 0.1) is 0 Å². The summed E-state index contributed by atoms with van der Waals surface area (Å²) in [7, 11) is 0. The summed E-state index contributed by atoms with van der Waals surface area (Å²) in [6.45, 7) is 6.08. The molecule has 0 rings (SSSR count). The molecule has 0 amide bonds. The Bertz CT molecular complexity index is 339. The molecule has 0 aliphatic heterocycles. The fourth-order valence-electron chi connectivity index (χ4n) is 1.78. The number of carbonyl (C=O) groups excluding carboxylic acids is 3. The van der Waals surface area contributed by atoms with Crippen molar-refractivity contribution in [1.82, 2.24) is 0 Å². The Labute approximate surface area is 119 Å². The highest BCUT2D eigenvalue weighted by atomic mass is 16.6. The van der Waals surface area contributed by atoms with E-state index in [1.165, 1.54) is 13.8 Å². The van der Waals surface area contributed by atoms with Crippen LogP contribution >= 0.6 is 0 Å². The number of aliphatic hydroxyl groups is 1. The fraction of sp³-hybridized carbons (Fsp3) is 0.786. The van der Waals surface area contributed by atoms with Gasteiger partial charge in [0.2, 0.25) is 0 Å². The molecule has 0 aliphatic carbocycles. The highest BCUT2D eigenvalue weighted by Gasteiger charge is 2.21. The molecule has 20 heavy (non-hydrogen) atoms. The van der Waals surface area contributed by atoms with Crippen molar-refractivity contribution < 1.29 is 29.0 Å². The molecule has 0 spiro atoms. The zero-order chi connectivity index (χ0) is 15.7. The molecule has 0 aromatic rings. The summed E-state index contributed by atoms with van der Waals surface area (Å²) in [5.41, 5.74) is 0. The lowest BCUT2D eigenvalue weighted by Gasteiger charge is -2.22. The summed E-state index contributed by atoms with van der Waals surface area (Å²) < 4.78 is 10.2. The number of ether oxygens (including phenoxy) is 2. The van der Waals surface area contributed by atoms with Gasteiger partial charge in [0.25, 0.3) is 0 Å². The zero-order valence-corrected chi connectivity index (χ0v) is 12.5. The maximum absolute atomic E-state index is 11.3. The van der Waals surface area contributed by atoms with Crippen LogP contribution in [-0.2, 0) is 23.9 Å². The summed E-state index contributed by atoms with van der Waals surface area (Å²) in [6.07, 6.45) is -0.696. The van der Waals surface area contributed by atoms with Gasteiger partial charge in [-0.15, -0.1) is 0 Å². The van der Waals surface area contributed by atoms with Gasteiger partial charge in [-0.1, -0.05) is 6.92 Å². The molecule has 0 radical (unpaired) electrons. The average Bonchev–Trinajstić information content (AvgIpc) is 2.25. The number of esters is 2. The Kier molecular flexibility index (Phi) is 8.79. The quantitative estimate of drug-likeness (QED) is 0.509. The van der Waals surface area contributed by atoms with Crippen molar-refractivity contribution in [1.29, 1.82) is 0 Å². The van der Waals surface area contributed by atoms with Crippen molar-refractivity contribution in [3.8, 4) is 0 Å². The van der Waals surface area contributed by atoms with Gasteiger partial charge in [0.15, 0.2) is 0 Å². The van der Waals surface area contributed by atoms with Gasteiger partial charge in [-0.05, 0) is 20.3 Å². The molecule has 0 fully saturated rings. The van der Waals surface area contributed by atoms with Crippen LogP contribution in [-0.4, -0.2) is 41.1 Å². The van der Waals surface area contributed by atoms with Crippen molar-refractivity contribution in [2.24, 2.45) is 0 Å². The van der Waals surface area contributed by atoms with Crippen LogP contribution in [0.1, 0.15) is 53.4 Å². The van der Waals surface area contributed by atoms with E-state index in [0.717, 1.165) is 0 Å². The van der Waals surface area contributed by atoms with Crippen molar-refractivity contribution in [2.75, 3.05) is 0 Å². The highest BCUT2D eigenvalue weighted by Crippen LogP contribution is 2.14. The first-order chi connectivity index (χ1) is 9.24. The van der Waals surface area contributed by atoms with Crippen LogP contribution in [0.2, 0.25) is 0 Å². The third-order valence-corrected chi connectivity index (χ3v) is 2.66. The molecule has 116 valence electrons. The number of Topliss-reactive ketones (excluding diaryl/α,β-unsaturated/α-hetero) is 1. The van der Waals surface area contributed by atoms with Crippen LogP contribution < -0.4 is 0 Å². The second-order valence-corrected chi connectivity index (χ2v) is 4.94. The Morgan fingerprint density at radius 3 is 2.15 bits per heavy atom. The van der Waals surface area contributed by atoms with Crippen LogP contribution in [0.5, 0.6) is 0 Å². The minimum atomic E-state index is -0.595. The summed E-state index contributed by atoms with van der Waals surface area (Å²) in [4.78, 5) is 33.1. The molecule has 3 atom stereocenters. The maximum Gasteiger partial charge on any atom is 0.313 e.